The van der Waals surface area contributed by atoms with Crippen molar-refractivity contribution in [3.8, 4) is 11.5 Å². The van der Waals surface area contributed by atoms with Crippen molar-refractivity contribution < 1.29 is 19.1 Å². The van der Waals surface area contributed by atoms with E-state index in [0.717, 1.165) is 17.3 Å². The van der Waals surface area contributed by atoms with Crippen LogP contribution in [0.25, 0.3) is 6.08 Å². The Kier molecular flexibility index (Phi) is 5.31. The van der Waals surface area contributed by atoms with Crippen LogP contribution in [-0.4, -0.2) is 18.3 Å². The Morgan fingerprint density at radius 2 is 2.00 bits per heavy atom. The number of rotatable bonds is 5. The lowest BCUT2D eigenvalue weighted by molar-refractivity contribution is -0.115. The van der Waals surface area contributed by atoms with Crippen LogP contribution in [0.5, 0.6) is 11.5 Å². The Morgan fingerprint density at radius 3 is 2.68 bits per heavy atom. The second-order valence-corrected chi connectivity index (χ2v) is 6.60. The quantitative estimate of drug-likeness (QED) is 0.791. The maximum Gasteiger partial charge on any atom is 0.290 e. The van der Waals surface area contributed by atoms with Gasteiger partial charge in [0.25, 0.3) is 11.1 Å². The number of benzene rings is 2. The van der Waals surface area contributed by atoms with E-state index in [1.54, 1.807) is 37.5 Å². The van der Waals surface area contributed by atoms with Crippen LogP contribution in [0.1, 0.15) is 11.1 Å². The molecule has 0 unspecified atom stereocenters. The van der Waals surface area contributed by atoms with Gasteiger partial charge in [-0.3, -0.25) is 14.9 Å². The zero-order chi connectivity index (χ0) is 17.8. The van der Waals surface area contributed by atoms with Crippen LogP contribution in [0.4, 0.5) is 4.79 Å². The predicted octanol–water partition coefficient (Wildman–Crippen LogP) is 4.25. The van der Waals surface area contributed by atoms with Crippen molar-refractivity contribution in [2.45, 2.75) is 6.61 Å². The molecular formula is C18H14ClNO4S. The molecule has 3 rings (SSSR count). The zero-order valence-electron chi connectivity index (χ0n) is 13.2. The van der Waals surface area contributed by atoms with Gasteiger partial charge in [-0.1, -0.05) is 35.9 Å². The Labute approximate surface area is 154 Å². The summed E-state index contributed by atoms with van der Waals surface area (Å²) in [7, 11) is 1.54. The second kappa shape index (κ2) is 7.63. The third-order valence-electron chi connectivity index (χ3n) is 3.43. The number of hydrogen-bond donors (Lipinski definition) is 1. The van der Waals surface area contributed by atoms with Crippen LogP contribution in [-0.2, 0) is 11.4 Å². The summed E-state index contributed by atoms with van der Waals surface area (Å²) in [6, 6.07) is 12.7. The number of nitrogens with one attached hydrogen (secondary N) is 1. The van der Waals surface area contributed by atoms with Crippen LogP contribution >= 0.6 is 23.4 Å². The van der Waals surface area contributed by atoms with Crippen LogP contribution in [0, 0.1) is 0 Å². The number of halogens is 1. The fraction of sp³-hybridized carbons (Fsp3) is 0.111. The lowest BCUT2D eigenvalue weighted by atomic mass is 10.1. The number of hydrogen-bond acceptors (Lipinski definition) is 5. The van der Waals surface area contributed by atoms with Crippen molar-refractivity contribution in [2.24, 2.45) is 0 Å². The molecule has 1 aliphatic rings. The van der Waals surface area contributed by atoms with Gasteiger partial charge in [0.15, 0.2) is 11.5 Å². The number of ether oxygens (including phenoxy) is 2. The van der Waals surface area contributed by atoms with Gasteiger partial charge in [-0.25, -0.2) is 0 Å². The lowest BCUT2D eigenvalue weighted by Gasteiger charge is -2.14. The number of para-hydroxylation sites is 1. The van der Waals surface area contributed by atoms with Crippen molar-refractivity contribution in [2.75, 3.05) is 7.11 Å². The molecule has 0 aromatic heterocycles. The highest BCUT2D eigenvalue weighted by Crippen LogP contribution is 2.35. The SMILES string of the molecule is COc1cccc(/C=C2\SC(=O)NC2=O)c1OCc1cccc(Cl)c1. The molecular weight excluding hydrogens is 362 g/mol. The van der Waals surface area contributed by atoms with Gasteiger partial charge in [0, 0.05) is 10.6 Å². The molecule has 0 radical (unpaired) electrons. The van der Waals surface area contributed by atoms with Crippen molar-refractivity contribution in [3.63, 3.8) is 0 Å². The maximum atomic E-state index is 11.8. The molecule has 1 saturated heterocycles. The second-order valence-electron chi connectivity index (χ2n) is 5.15. The fourth-order valence-corrected chi connectivity index (χ4v) is 3.19. The molecule has 2 aromatic carbocycles. The molecule has 0 saturated carbocycles. The van der Waals surface area contributed by atoms with Crippen molar-refractivity contribution >= 4 is 40.6 Å². The summed E-state index contributed by atoms with van der Waals surface area (Å²) in [6.45, 7) is 0.287. The first kappa shape index (κ1) is 17.4. The number of methoxy groups -OCH3 is 1. The molecule has 25 heavy (non-hydrogen) atoms. The fourth-order valence-electron chi connectivity index (χ4n) is 2.31. The topological polar surface area (TPSA) is 64.6 Å². The van der Waals surface area contributed by atoms with Gasteiger partial charge in [0.1, 0.15) is 6.61 Å². The molecule has 0 bridgehead atoms. The third kappa shape index (κ3) is 4.15. The van der Waals surface area contributed by atoms with Gasteiger partial charge >= 0.3 is 0 Å². The third-order valence-corrected chi connectivity index (χ3v) is 4.48. The monoisotopic (exact) mass is 375 g/mol. The summed E-state index contributed by atoms with van der Waals surface area (Å²) in [4.78, 5) is 23.4. The summed E-state index contributed by atoms with van der Waals surface area (Å²) in [6.07, 6.45) is 1.61. The molecule has 0 aliphatic carbocycles. The molecule has 2 amide bonds. The summed E-state index contributed by atoms with van der Waals surface area (Å²) < 4.78 is 11.3. The molecule has 1 heterocycles. The van der Waals surface area contributed by atoms with E-state index >= 15 is 0 Å². The van der Waals surface area contributed by atoms with Gasteiger partial charge in [-0.05, 0) is 41.6 Å². The summed E-state index contributed by atoms with van der Waals surface area (Å²) in [5, 5.41) is 2.47. The number of imide groups is 1. The van der Waals surface area contributed by atoms with E-state index in [1.165, 1.54) is 0 Å². The van der Waals surface area contributed by atoms with Crippen LogP contribution in [0.2, 0.25) is 5.02 Å². The van der Waals surface area contributed by atoms with Crippen molar-refractivity contribution in [3.05, 3.63) is 63.5 Å². The first-order valence-corrected chi connectivity index (χ1v) is 8.55. The average Bonchev–Trinajstić information content (AvgIpc) is 2.90. The van der Waals surface area contributed by atoms with Crippen molar-refractivity contribution in [1.29, 1.82) is 0 Å². The van der Waals surface area contributed by atoms with Gasteiger partial charge < -0.3 is 9.47 Å². The van der Waals surface area contributed by atoms with Crippen molar-refractivity contribution in [1.82, 2.24) is 5.32 Å². The molecule has 0 atom stereocenters. The molecule has 1 fully saturated rings. The number of carbonyl (C=O) groups is 2. The summed E-state index contributed by atoms with van der Waals surface area (Å²) >= 11 is 6.85. The van der Waals surface area contributed by atoms with Crippen LogP contribution in [0.3, 0.4) is 0 Å². The minimum Gasteiger partial charge on any atom is -0.493 e. The zero-order valence-corrected chi connectivity index (χ0v) is 14.8. The van der Waals surface area contributed by atoms with Gasteiger partial charge in [-0.2, -0.15) is 0 Å². The van der Waals surface area contributed by atoms with E-state index in [4.69, 9.17) is 21.1 Å². The first-order chi connectivity index (χ1) is 12.1. The highest BCUT2D eigenvalue weighted by atomic mass is 35.5. The van der Waals surface area contributed by atoms with Crippen LogP contribution < -0.4 is 14.8 Å². The van der Waals surface area contributed by atoms with Gasteiger partial charge in [-0.15, -0.1) is 0 Å². The molecule has 0 spiro atoms. The Morgan fingerprint density at radius 1 is 1.20 bits per heavy atom. The minimum absolute atomic E-state index is 0.287. The molecule has 5 nitrogen and oxygen atoms in total. The van der Waals surface area contributed by atoms with E-state index < -0.39 is 5.91 Å². The summed E-state index contributed by atoms with van der Waals surface area (Å²) in [5.41, 5.74) is 1.55. The number of thioether (sulfide) groups is 1. The molecule has 7 heteroatoms. The first-order valence-electron chi connectivity index (χ1n) is 7.36. The lowest BCUT2D eigenvalue weighted by Crippen LogP contribution is -2.17. The van der Waals surface area contributed by atoms with E-state index in [-0.39, 0.29) is 11.8 Å². The predicted molar refractivity (Wildman–Crippen MR) is 97.9 cm³/mol. The van der Waals surface area contributed by atoms with E-state index in [0.29, 0.717) is 27.0 Å². The largest absolute Gasteiger partial charge is 0.493 e. The Bertz CT molecular complexity index is 866. The van der Waals surface area contributed by atoms with Gasteiger partial charge in [0.2, 0.25) is 0 Å². The number of carbonyl (C=O) groups excluding carboxylic acids is 2. The average molecular weight is 376 g/mol. The summed E-state index contributed by atoms with van der Waals surface area (Å²) in [5.74, 6) is 0.606. The van der Waals surface area contributed by atoms with Crippen LogP contribution in [0.15, 0.2) is 47.4 Å². The highest BCUT2D eigenvalue weighted by molar-refractivity contribution is 8.18. The molecule has 2 aromatic rings. The molecule has 1 N–H and O–H groups in total. The maximum absolute atomic E-state index is 11.8. The smallest absolute Gasteiger partial charge is 0.290 e. The van der Waals surface area contributed by atoms with E-state index in [9.17, 15) is 9.59 Å². The van der Waals surface area contributed by atoms with Gasteiger partial charge in [0.05, 0.1) is 12.0 Å². The Balaban J connectivity index is 1.90. The Hall–Kier alpha value is -2.44. The minimum atomic E-state index is -0.418. The normalized spacial score (nSPS) is 15.4. The highest BCUT2D eigenvalue weighted by Gasteiger charge is 2.25. The van der Waals surface area contributed by atoms with E-state index in [1.807, 2.05) is 18.2 Å². The number of amides is 2. The molecule has 128 valence electrons. The standard InChI is InChI=1S/C18H14ClNO4S/c1-23-14-7-3-5-12(9-15-17(21)20-18(22)25-15)16(14)24-10-11-4-2-6-13(19)8-11/h2-9H,10H2,1H3,(H,20,21,22)/b15-9-. The van der Waals surface area contributed by atoms with E-state index in [2.05, 4.69) is 5.32 Å². The molecule has 1 aliphatic heterocycles.